The molecule has 0 aliphatic carbocycles. The molecule has 2 atom stereocenters. The monoisotopic (exact) mass is 618 g/mol. The van der Waals surface area contributed by atoms with Gasteiger partial charge in [-0.1, -0.05) is 12.1 Å². The zero-order valence-electron chi connectivity index (χ0n) is 22.8. The first kappa shape index (κ1) is 29.9. The molecule has 0 spiro atoms. The average molecular weight is 619 g/mol. The molecular weight excluding hydrogens is 595 g/mol. The third kappa shape index (κ3) is 5.86. The molecule has 5 aromatic rings. The Hall–Kier alpha value is -5.54. The van der Waals surface area contributed by atoms with Crippen LogP contribution in [0.3, 0.4) is 0 Å². The van der Waals surface area contributed by atoms with Crippen molar-refractivity contribution in [2.24, 2.45) is 7.05 Å². The van der Waals surface area contributed by atoms with Gasteiger partial charge in [0.15, 0.2) is 0 Å². The van der Waals surface area contributed by atoms with Gasteiger partial charge in [0, 0.05) is 32.1 Å². The van der Waals surface area contributed by atoms with Crippen LogP contribution in [0.25, 0.3) is 16.6 Å². The lowest BCUT2D eigenvalue weighted by molar-refractivity contribution is -0.139. The number of nitrogens with zero attached hydrogens (tertiary/aromatic N) is 5. The van der Waals surface area contributed by atoms with Crippen LogP contribution in [0.4, 0.5) is 15.8 Å². The Morgan fingerprint density at radius 1 is 1.00 bits per heavy atom. The second-order valence-corrected chi connectivity index (χ2v) is 10.3. The first-order valence-electron chi connectivity index (χ1n) is 12.9. The van der Waals surface area contributed by atoms with Crippen molar-refractivity contribution in [1.82, 2.24) is 24.4 Å². The van der Waals surface area contributed by atoms with E-state index in [1.807, 2.05) is 0 Å². The smallest absolute Gasteiger partial charge is 0.335 e. The van der Waals surface area contributed by atoms with Crippen molar-refractivity contribution < 1.29 is 27.8 Å². The molecule has 5 rings (SSSR count). The van der Waals surface area contributed by atoms with Crippen molar-refractivity contribution in [3.63, 3.8) is 0 Å². The summed E-state index contributed by atoms with van der Waals surface area (Å²) in [6, 6.07) is 12.1. The van der Waals surface area contributed by atoms with Gasteiger partial charge in [0.05, 0.1) is 39.7 Å². The molecule has 2 aromatic carbocycles. The Morgan fingerprint density at radius 3 is 2.32 bits per heavy atom. The molecule has 0 fully saturated rings. The summed E-state index contributed by atoms with van der Waals surface area (Å²) in [5.74, 6) is -3.44. The Morgan fingerprint density at radius 2 is 1.68 bits per heavy atom. The summed E-state index contributed by atoms with van der Waals surface area (Å²) in [4.78, 5) is 58.6. The standard InChI is InChI=1S/C29H23FN6O7S/c1-34-25-16-32-13-10-22(25)27(38)35(29(34)41)18-4-2-17(3-5-18)14-24(28(39)40)33-26(37)21-7-6-20(15-23(21)30)36(44(42)43)19-8-11-31-12-9-19/h2-13,15-16,24H,14H2,1H3,(H,33,37)(H,39,40)(H,42,43). The average Bonchev–Trinajstić information content (AvgIpc) is 3.01. The third-order valence-corrected chi connectivity index (χ3v) is 7.53. The van der Waals surface area contributed by atoms with Gasteiger partial charge in [-0.2, -0.15) is 0 Å². The fourth-order valence-electron chi connectivity index (χ4n) is 4.60. The largest absolute Gasteiger partial charge is 0.480 e. The number of aromatic nitrogens is 4. The number of carbonyl (C=O) groups excluding carboxylic acids is 1. The Kier molecular flexibility index (Phi) is 8.41. The summed E-state index contributed by atoms with van der Waals surface area (Å²) in [5, 5.41) is 12.3. The number of rotatable bonds is 9. The van der Waals surface area contributed by atoms with Crippen molar-refractivity contribution in [2.75, 3.05) is 4.31 Å². The molecule has 1 amide bonds. The molecule has 0 saturated carbocycles. The Balaban J connectivity index is 1.35. The number of carboxylic acids is 1. The summed E-state index contributed by atoms with van der Waals surface area (Å²) >= 11 is -2.57. The van der Waals surface area contributed by atoms with E-state index in [1.54, 1.807) is 0 Å². The molecule has 3 aromatic heterocycles. The molecule has 0 radical (unpaired) electrons. The summed E-state index contributed by atoms with van der Waals surface area (Å²) in [6.07, 6.45) is 5.43. The van der Waals surface area contributed by atoms with Crippen LogP contribution >= 0.6 is 0 Å². The third-order valence-electron chi connectivity index (χ3n) is 6.80. The number of carbonyl (C=O) groups is 2. The van der Waals surface area contributed by atoms with E-state index in [9.17, 15) is 33.0 Å². The zero-order valence-corrected chi connectivity index (χ0v) is 23.6. The van der Waals surface area contributed by atoms with Crippen LogP contribution in [-0.2, 0) is 29.5 Å². The van der Waals surface area contributed by atoms with Crippen molar-refractivity contribution in [1.29, 1.82) is 0 Å². The molecule has 13 nitrogen and oxygen atoms in total. The SMILES string of the molecule is Cn1c(=O)n(-c2ccc(CC(NC(=O)c3ccc(N(c4ccncc4)S(=O)O)cc3F)C(=O)O)cc2)c(=O)c2ccncc21. The molecule has 0 saturated heterocycles. The fraction of sp³-hybridized carbons (Fsp3) is 0.103. The van der Waals surface area contributed by atoms with Crippen molar-refractivity contribution >= 4 is 45.4 Å². The van der Waals surface area contributed by atoms with E-state index in [1.165, 1.54) is 84.9 Å². The van der Waals surface area contributed by atoms with Gasteiger partial charge in [-0.25, -0.2) is 27.1 Å². The maximum atomic E-state index is 15.0. The highest BCUT2D eigenvalue weighted by Gasteiger charge is 2.24. The number of fused-ring (bicyclic) bond motifs is 1. The van der Waals surface area contributed by atoms with Crippen LogP contribution in [-0.4, -0.2) is 50.9 Å². The number of benzene rings is 2. The minimum absolute atomic E-state index is 0.0297. The lowest BCUT2D eigenvalue weighted by Gasteiger charge is -2.20. The number of hydrogen-bond donors (Lipinski definition) is 3. The molecule has 0 bridgehead atoms. The molecule has 15 heteroatoms. The lowest BCUT2D eigenvalue weighted by Crippen LogP contribution is -2.42. The molecular formula is C29H23FN6O7S. The van der Waals surface area contributed by atoms with E-state index in [2.05, 4.69) is 15.3 Å². The number of halogens is 1. The molecule has 2 unspecified atom stereocenters. The first-order chi connectivity index (χ1) is 21.1. The molecule has 0 aliphatic rings. The number of aryl methyl sites for hydroxylation is 1. The van der Waals surface area contributed by atoms with Crippen LogP contribution < -0.4 is 20.9 Å². The number of aliphatic carboxylic acids is 1. The number of anilines is 2. The fourth-order valence-corrected chi connectivity index (χ4v) is 5.19. The minimum atomic E-state index is -2.57. The zero-order chi connectivity index (χ0) is 31.5. The van der Waals surface area contributed by atoms with Crippen LogP contribution in [0.15, 0.2) is 95.0 Å². The van der Waals surface area contributed by atoms with Gasteiger partial charge in [0.2, 0.25) is 0 Å². The maximum Gasteiger partial charge on any atom is 0.335 e. The second kappa shape index (κ2) is 12.4. The topological polar surface area (TPSA) is 177 Å². The lowest BCUT2D eigenvalue weighted by atomic mass is 10.0. The van der Waals surface area contributed by atoms with E-state index in [4.69, 9.17) is 0 Å². The predicted molar refractivity (Wildman–Crippen MR) is 159 cm³/mol. The summed E-state index contributed by atoms with van der Waals surface area (Å²) in [6.45, 7) is 0. The van der Waals surface area contributed by atoms with Crippen LogP contribution in [0.2, 0.25) is 0 Å². The van der Waals surface area contributed by atoms with E-state index in [-0.39, 0.29) is 28.9 Å². The number of pyridine rings is 2. The van der Waals surface area contributed by atoms with Gasteiger partial charge in [-0.3, -0.25) is 28.7 Å². The quantitative estimate of drug-likeness (QED) is 0.209. The summed E-state index contributed by atoms with van der Waals surface area (Å²) < 4.78 is 39.9. The highest BCUT2D eigenvalue weighted by atomic mass is 32.2. The van der Waals surface area contributed by atoms with Gasteiger partial charge in [-0.15, -0.1) is 0 Å². The normalized spacial score (nSPS) is 12.4. The molecule has 0 aliphatic heterocycles. The van der Waals surface area contributed by atoms with Crippen LogP contribution in [0.1, 0.15) is 15.9 Å². The van der Waals surface area contributed by atoms with Gasteiger partial charge in [-0.05, 0) is 54.1 Å². The van der Waals surface area contributed by atoms with E-state index in [0.717, 1.165) is 21.0 Å². The van der Waals surface area contributed by atoms with Gasteiger partial charge < -0.3 is 10.4 Å². The Bertz CT molecular complexity index is 2030. The number of hydrogen-bond acceptors (Lipinski definition) is 7. The first-order valence-corrected chi connectivity index (χ1v) is 13.9. The summed E-state index contributed by atoms with van der Waals surface area (Å²) in [7, 11) is 1.51. The van der Waals surface area contributed by atoms with Gasteiger partial charge in [0.1, 0.15) is 11.9 Å². The highest BCUT2D eigenvalue weighted by Crippen LogP contribution is 2.28. The van der Waals surface area contributed by atoms with Crippen LogP contribution in [0, 0.1) is 5.82 Å². The minimum Gasteiger partial charge on any atom is -0.480 e. The molecule has 3 N–H and O–H groups in total. The number of amides is 1. The van der Waals surface area contributed by atoms with Gasteiger partial charge >= 0.3 is 11.7 Å². The van der Waals surface area contributed by atoms with Crippen molar-refractivity contribution in [3.05, 3.63) is 123 Å². The predicted octanol–water partition coefficient (Wildman–Crippen LogP) is 2.32. The highest BCUT2D eigenvalue weighted by molar-refractivity contribution is 7.81. The van der Waals surface area contributed by atoms with E-state index in [0.29, 0.717) is 11.1 Å². The van der Waals surface area contributed by atoms with E-state index >= 15 is 4.39 Å². The van der Waals surface area contributed by atoms with Crippen molar-refractivity contribution in [2.45, 2.75) is 12.5 Å². The summed E-state index contributed by atoms with van der Waals surface area (Å²) in [5.41, 5.74) is -0.328. The van der Waals surface area contributed by atoms with Crippen LogP contribution in [0.5, 0.6) is 0 Å². The second-order valence-electron chi connectivity index (χ2n) is 9.50. The number of carboxylic acid groups (broad SMARTS) is 1. The maximum absolute atomic E-state index is 15.0. The molecule has 224 valence electrons. The number of nitrogens with one attached hydrogen (secondary N) is 1. The molecule has 44 heavy (non-hydrogen) atoms. The van der Waals surface area contributed by atoms with Gasteiger partial charge in [0.25, 0.3) is 22.7 Å². The molecule has 3 heterocycles. The van der Waals surface area contributed by atoms with E-state index < -0.39 is 51.8 Å². The van der Waals surface area contributed by atoms with Crippen molar-refractivity contribution in [3.8, 4) is 5.69 Å². The Labute approximate surface area is 250 Å².